The molecule has 0 aliphatic carbocycles. The summed E-state index contributed by atoms with van der Waals surface area (Å²) in [6, 6.07) is 3.12. The van der Waals surface area contributed by atoms with Gasteiger partial charge in [-0.25, -0.2) is 18.4 Å². The monoisotopic (exact) mass is 403 g/mol. The van der Waals surface area contributed by atoms with Crippen LogP contribution in [0, 0.1) is 20.8 Å². The molecule has 4 rings (SSSR count). The van der Waals surface area contributed by atoms with Crippen LogP contribution >= 0.6 is 0 Å². The normalized spacial score (nSPS) is 15.9. The lowest BCUT2D eigenvalue weighted by Crippen LogP contribution is -2.49. The second-order valence-electron chi connectivity index (χ2n) is 6.71. The van der Waals surface area contributed by atoms with E-state index >= 15 is 0 Å². The maximum Gasteiger partial charge on any atom is 0.246 e. The molecule has 0 aromatic carbocycles. The van der Waals surface area contributed by atoms with Gasteiger partial charge in [0.15, 0.2) is 5.76 Å². The molecule has 9 nitrogen and oxygen atoms in total. The second-order valence-corrected chi connectivity index (χ2v) is 8.61. The molecule has 1 fully saturated rings. The van der Waals surface area contributed by atoms with Crippen LogP contribution in [0.2, 0.25) is 0 Å². The van der Waals surface area contributed by atoms with Gasteiger partial charge in [-0.3, -0.25) is 0 Å². The quantitative estimate of drug-likeness (QED) is 0.652. The highest BCUT2D eigenvalue weighted by Crippen LogP contribution is 2.30. The van der Waals surface area contributed by atoms with Crippen LogP contribution in [-0.4, -0.2) is 54.0 Å². The predicted octanol–water partition coefficient (Wildman–Crippen LogP) is 2.16. The fourth-order valence-corrected chi connectivity index (χ4v) is 4.89. The summed E-state index contributed by atoms with van der Waals surface area (Å²) < 4.78 is 38.4. The van der Waals surface area contributed by atoms with Crippen LogP contribution in [0.5, 0.6) is 0 Å². The highest BCUT2D eigenvalue weighted by molar-refractivity contribution is 7.89. The van der Waals surface area contributed by atoms with Crippen LogP contribution in [0.4, 0.5) is 5.82 Å². The first-order valence-electron chi connectivity index (χ1n) is 8.92. The summed E-state index contributed by atoms with van der Waals surface area (Å²) in [5.41, 5.74) is 1.94. The van der Waals surface area contributed by atoms with Crippen molar-refractivity contribution in [2.75, 3.05) is 31.1 Å². The zero-order valence-corrected chi connectivity index (χ0v) is 16.7. The van der Waals surface area contributed by atoms with E-state index in [4.69, 9.17) is 8.94 Å². The molecule has 0 amide bonds. The number of rotatable bonds is 4. The standard InChI is InChI=1S/C18H21N5O4S/c1-12-13(2)19-11-20-18(12)22-6-8-23(9-7-22)28(24,25)17-10-16(26-14(17)3)15-4-5-21-27-15/h4-5,10-11H,6-9H2,1-3H3. The van der Waals surface area contributed by atoms with E-state index in [2.05, 4.69) is 20.0 Å². The van der Waals surface area contributed by atoms with Crippen LogP contribution in [0.1, 0.15) is 17.0 Å². The minimum Gasteiger partial charge on any atom is -0.457 e. The van der Waals surface area contributed by atoms with Crippen LogP contribution in [0.3, 0.4) is 0 Å². The molecule has 0 radical (unpaired) electrons. The molecule has 1 aliphatic rings. The van der Waals surface area contributed by atoms with Crippen LogP contribution in [0.25, 0.3) is 11.5 Å². The van der Waals surface area contributed by atoms with Gasteiger partial charge in [0.2, 0.25) is 15.8 Å². The Balaban J connectivity index is 1.54. The van der Waals surface area contributed by atoms with Gasteiger partial charge in [0, 0.05) is 49.6 Å². The van der Waals surface area contributed by atoms with Crippen LogP contribution in [0.15, 0.2) is 38.5 Å². The minimum absolute atomic E-state index is 0.154. The first-order chi connectivity index (χ1) is 13.4. The summed E-state index contributed by atoms with van der Waals surface area (Å²) in [6.45, 7) is 7.41. The first kappa shape index (κ1) is 18.6. The second kappa shape index (κ2) is 7.02. The van der Waals surface area contributed by atoms with Crippen molar-refractivity contribution in [3.63, 3.8) is 0 Å². The van der Waals surface area contributed by atoms with Crippen LogP contribution < -0.4 is 4.90 Å². The number of aromatic nitrogens is 3. The predicted molar refractivity (Wildman–Crippen MR) is 101 cm³/mol. The third-order valence-electron chi connectivity index (χ3n) is 5.02. The van der Waals surface area contributed by atoms with Crippen molar-refractivity contribution in [3.8, 4) is 11.5 Å². The maximum absolute atomic E-state index is 13.1. The molecule has 3 aromatic rings. The van der Waals surface area contributed by atoms with E-state index in [-0.39, 0.29) is 4.90 Å². The Hall–Kier alpha value is -2.72. The van der Waals surface area contributed by atoms with Gasteiger partial charge in [-0.05, 0) is 20.8 Å². The Morgan fingerprint density at radius 1 is 1.04 bits per heavy atom. The molecular weight excluding hydrogens is 382 g/mol. The molecule has 4 heterocycles. The van der Waals surface area contributed by atoms with E-state index in [0.717, 1.165) is 17.1 Å². The molecule has 1 aliphatic heterocycles. The largest absolute Gasteiger partial charge is 0.457 e. The third kappa shape index (κ3) is 3.18. The van der Waals surface area contributed by atoms with Gasteiger partial charge in [0.25, 0.3) is 0 Å². The summed E-state index contributed by atoms with van der Waals surface area (Å²) in [7, 11) is -3.67. The molecule has 0 N–H and O–H groups in total. The Morgan fingerprint density at radius 2 is 1.79 bits per heavy atom. The summed E-state index contributed by atoms with van der Waals surface area (Å²) >= 11 is 0. The number of anilines is 1. The molecule has 0 saturated carbocycles. The molecule has 28 heavy (non-hydrogen) atoms. The molecule has 10 heteroatoms. The van der Waals surface area contributed by atoms with Crippen molar-refractivity contribution in [1.82, 2.24) is 19.4 Å². The van der Waals surface area contributed by atoms with Gasteiger partial charge < -0.3 is 13.8 Å². The lowest BCUT2D eigenvalue weighted by molar-refractivity contribution is 0.382. The summed E-state index contributed by atoms with van der Waals surface area (Å²) in [5.74, 6) is 1.93. The molecule has 0 unspecified atom stereocenters. The molecule has 0 bridgehead atoms. The van der Waals surface area contributed by atoms with E-state index in [0.29, 0.717) is 43.5 Å². The van der Waals surface area contributed by atoms with E-state index in [1.54, 1.807) is 19.3 Å². The van der Waals surface area contributed by atoms with Gasteiger partial charge in [-0.1, -0.05) is 5.16 Å². The average molecular weight is 403 g/mol. The van der Waals surface area contributed by atoms with Gasteiger partial charge in [-0.2, -0.15) is 4.31 Å². The van der Waals surface area contributed by atoms with E-state index in [1.807, 2.05) is 13.8 Å². The lowest BCUT2D eigenvalue weighted by atomic mass is 10.2. The third-order valence-corrected chi connectivity index (χ3v) is 7.02. The summed E-state index contributed by atoms with van der Waals surface area (Å²) in [4.78, 5) is 10.8. The van der Waals surface area contributed by atoms with Gasteiger partial charge in [0.1, 0.15) is 22.8 Å². The van der Waals surface area contributed by atoms with Crippen LogP contribution in [-0.2, 0) is 10.0 Å². The molecular formula is C18H21N5O4S. The van der Waals surface area contributed by atoms with Crippen molar-refractivity contribution in [2.45, 2.75) is 25.7 Å². The van der Waals surface area contributed by atoms with E-state index < -0.39 is 10.0 Å². The number of hydrogen-bond donors (Lipinski definition) is 0. The Bertz CT molecular complexity index is 1080. The van der Waals surface area contributed by atoms with Gasteiger partial charge >= 0.3 is 0 Å². The van der Waals surface area contributed by atoms with Crippen molar-refractivity contribution < 1.29 is 17.4 Å². The number of aryl methyl sites for hydroxylation is 2. The lowest BCUT2D eigenvalue weighted by Gasteiger charge is -2.35. The molecule has 0 spiro atoms. The summed E-state index contributed by atoms with van der Waals surface area (Å²) in [5, 5.41) is 3.63. The van der Waals surface area contributed by atoms with Crippen molar-refractivity contribution in [3.05, 3.63) is 41.7 Å². The zero-order valence-electron chi connectivity index (χ0n) is 15.9. The summed E-state index contributed by atoms with van der Waals surface area (Å²) in [6.07, 6.45) is 3.03. The molecule has 148 valence electrons. The SMILES string of the molecule is Cc1ncnc(N2CCN(S(=O)(=O)c3cc(-c4ccno4)oc3C)CC2)c1C. The number of furan rings is 1. The highest BCUT2D eigenvalue weighted by atomic mass is 32.2. The zero-order chi connectivity index (χ0) is 19.9. The Morgan fingerprint density at radius 3 is 2.46 bits per heavy atom. The smallest absolute Gasteiger partial charge is 0.246 e. The fourth-order valence-electron chi connectivity index (χ4n) is 3.31. The molecule has 3 aromatic heterocycles. The molecule has 1 saturated heterocycles. The van der Waals surface area contributed by atoms with Gasteiger partial charge in [0.05, 0.1) is 6.20 Å². The van der Waals surface area contributed by atoms with Crippen molar-refractivity contribution in [1.29, 1.82) is 0 Å². The Kier molecular flexibility index (Phi) is 4.68. The Labute approximate surface area is 163 Å². The topological polar surface area (TPSA) is 106 Å². The number of piperazine rings is 1. The van der Waals surface area contributed by atoms with Gasteiger partial charge in [-0.15, -0.1) is 0 Å². The van der Waals surface area contributed by atoms with Crippen molar-refractivity contribution >= 4 is 15.8 Å². The van der Waals surface area contributed by atoms with E-state index in [9.17, 15) is 8.42 Å². The fraction of sp³-hybridized carbons (Fsp3) is 0.389. The van der Waals surface area contributed by atoms with Crippen molar-refractivity contribution in [2.24, 2.45) is 0 Å². The van der Waals surface area contributed by atoms with E-state index in [1.165, 1.54) is 16.6 Å². The highest BCUT2D eigenvalue weighted by Gasteiger charge is 2.32. The number of sulfonamides is 1. The number of hydrogen-bond acceptors (Lipinski definition) is 8. The number of nitrogens with zero attached hydrogens (tertiary/aromatic N) is 5. The maximum atomic E-state index is 13.1. The first-order valence-corrected chi connectivity index (χ1v) is 10.4. The molecule has 0 atom stereocenters. The minimum atomic E-state index is -3.67. The average Bonchev–Trinajstić information content (AvgIpc) is 3.34.